The molecular weight excluding hydrogens is 386 g/mol. The maximum atomic E-state index is 13.8. The van der Waals surface area contributed by atoms with E-state index in [4.69, 9.17) is 9.47 Å². The number of H-pyrrole nitrogens is 1. The normalized spacial score (nSPS) is 25.6. The van der Waals surface area contributed by atoms with Crippen LogP contribution in [-0.4, -0.2) is 34.4 Å². The first-order chi connectivity index (χ1) is 9.38. The first kappa shape index (κ1) is 15.2. The van der Waals surface area contributed by atoms with Gasteiger partial charge < -0.3 is 9.47 Å². The molecule has 0 bridgehead atoms. The van der Waals surface area contributed by atoms with Crippen molar-refractivity contribution in [3.05, 3.63) is 30.6 Å². The summed E-state index contributed by atoms with van der Waals surface area (Å²) in [5.74, 6) is -0.528. The number of alkyl halides is 1. The van der Waals surface area contributed by atoms with E-state index < -0.39 is 35.7 Å². The smallest absolute Gasteiger partial charge is 0.330 e. The molecule has 0 aliphatic carbocycles. The molecule has 0 aromatic carbocycles. The van der Waals surface area contributed by atoms with Gasteiger partial charge in [-0.2, -0.15) is 0 Å². The molecule has 20 heavy (non-hydrogen) atoms. The van der Waals surface area contributed by atoms with Crippen LogP contribution in [0.4, 0.5) is 4.39 Å². The van der Waals surface area contributed by atoms with Gasteiger partial charge in [-0.05, 0) is 22.6 Å². The lowest BCUT2D eigenvalue weighted by Gasteiger charge is -2.15. The van der Waals surface area contributed by atoms with Crippen LogP contribution in [0.5, 0.6) is 0 Å². The molecule has 1 aromatic heterocycles. The van der Waals surface area contributed by atoms with E-state index in [-0.39, 0.29) is 13.0 Å². The molecule has 1 aliphatic rings. The highest BCUT2D eigenvalue weighted by Crippen LogP contribution is 2.30. The standard InChI is InChI=1S/C11H12FIN2O5/c1-5(16)19-4-8-6(12)2-9(20-8)15-3-7(13)10(17)14-11(15)18/h3,6,8-9H,2,4H2,1H3,(H,14,17,18)/t6-,8+,9+/m0/s1. The fourth-order valence-electron chi connectivity index (χ4n) is 1.88. The number of aromatic amines is 1. The molecule has 1 fully saturated rings. The monoisotopic (exact) mass is 398 g/mol. The molecule has 1 aliphatic heterocycles. The van der Waals surface area contributed by atoms with E-state index in [0.717, 1.165) is 4.57 Å². The van der Waals surface area contributed by atoms with Crippen LogP contribution in [0.3, 0.4) is 0 Å². The lowest BCUT2D eigenvalue weighted by atomic mass is 10.2. The molecule has 0 radical (unpaired) electrons. The van der Waals surface area contributed by atoms with Crippen molar-refractivity contribution in [3.8, 4) is 0 Å². The van der Waals surface area contributed by atoms with Gasteiger partial charge in [0.1, 0.15) is 25.1 Å². The van der Waals surface area contributed by atoms with E-state index in [1.54, 1.807) is 22.6 Å². The molecular formula is C11H12FIN2O5. The third kappa shape index (κ3) is 3.26. The number of aromatic nitrogens is 2. The van der Waals surface area contributed by atoms with Gasteiger partial charge in [0.25, 0.3) is 5.56 Å². The summed E-state index contributed by atoms with van der Waals surface area (Å²) in [5.41, 5.74) is -1.17. The summed E-state index contributed by atoms with van der Waals surface area (Å²) >= 11 is 1.77. The molecule has 2 heterocycles. The number of hydrogen-bond acceptors (Lipinski definition) is 5. The number of nitrogens with zero attached hydrogens (tertiary/aromatic N) is 1. The van der Waals surface area contributed by atoms with Crippen molar-refractivity contribution in [2.24, 2.45) is 0 Å². The van der Waals surface area contributed by atoms with E-state index in [0.29, 0.717) is 3.57 Å². The van der Waals surface area contributed by atoms with E-state index in [1.165, 1.54) is 13.1 Å². The van der Waals surface area contributed by atoms with Crippen molar-refractivity contribution in [2.45, 2.75) is 31.8 Å². The number of hydrogen-bond donors (Lipinski definition) is 1. The topological polar surface area (TPSA) is 90.4 Å². The molecule has 0 amide bonds. The highest BCUT2D eigenvalue weighted by Gasteiger charge is 2.37. The second-order valence-corrected chi connectivity index (χ2v) is 5.49. The van der Waals surface area contributed by atoms with Gasteiger partial charge in [0, 0.05) is 19.5 Å². The van der Waals surface area contributed by atoms with Crippen LogP contribution in [0.25, 0.3) is 0 Å². The van der Waals surface area contributed by atoms with Gasteiger partial charge in [-0.1, -0.05) is 0 Å². The van der Waals surface area contributed by atoms with Crippen molar-refractivity contribution in [1.29, 1.82) is 0 Å². The summed E-state index contributed by atoms with van der Waals surface area (Å²) in [7, 11) is 0. The number of esters is 1. The van der Waals surface area contributed by atoms with Gasteiger partial charge in [-0.3, -0.25) is 19.1 Å². The lowest BCUT2D eigenvalue weighted by Crippen LogP contribution is -2.33. The van der Waals surface area contributed by atoms with Crippen LogP contribution in [-0.2, 0) is 14.3 Å². The zero-order valence-electron chi connectivity index (χ0n) is 10.5. The predicted octanol–water partition coefficient (Wildman–Crippen LogP) is 0.330. The van der Waals surface area contributed by atoms with Crippen molar-refractivity contribution < 1.29 is 18.7 Å². The SMILES string of the molecule is CC(=O)OC[C@H]1O[C@@H](n2cc(I)c(=O)[nH]c2=O)C[C@@H]1F. The average molecular weight is 398 g/mol. The first-order valence-electron chi connectivity index (χ1n) is 5.82. The molecule has 2 rings (SSSR count). The largest absolute Gasteiger partial charge is 0.463 e. The Labute approximate surface area is 126 Å². The second kappa shape index (κ2) is 6.04. The summed E-state index contributed by atoms with van der Waals surface area (Å²) in [6, 6.07) is 0. The Bertz CT molecular complexity index is 628. The fourth-order valence-corrected chi connectivity index (χ4v) is 2.32. The Morgan fingerprint density at radius 3 is 3.00 bits per heavy atom. The van der Waals surface area contributed by atoms with Crippen molar-refractivity contribution in [3.63, 3.8) is 0 Å². The summed E-state index contributed by atoms with van der Waals surface area (Å²) in [4.78, 5) is 35.8. The summed E-state index contributed by atoms with van der Waals surface area (Å²) in [5, 5.41) is 0. The highest BCUT2D eigenvalue weighted by atomic mass is 127. The summed E-state index contributed by atoms with van der Waals surface area (Å²) < 4.78 is 25.3. The molecule has 1 saturated heterocycles. The number of rotatable bonds is 3. The van der Waals surface area contributed by atoms with Gasteiger partial charge in [0.05, 0.1) is 3.57 Å². The van der Waals surface area contributed by atoms with E-state index >= 15 is 0 Å². The van der Waals surface area contributed by atoms with Gasteiger partial charge in [0.15, 0.2) is 0 Å². The Morgan fingerprint density at radius 2 is 2.35 bits per heavy atom. The molecule has 9 heteroatoms. The number of carbonyl (C=O) groups is 1. The summed E-state index contributed by atoms with van der Waals surface area (Å²) in [6.45, 7) is 1.01. The van der Waals surface area contributed by atoms with Crippen LogP contribution in [0.1, 0.15) is 19.6 Å². The maximum Gasteiger partial charge on any atom is 0.330 e. The lowest BCUT2D eigenvalue weighted by molar-refractivity contribution is -0.146. The van der Waals surface area contributed by atoms with E-state index in [9.17, 15) is 18.8 Å². The third-order valence-electron chi connectivity index (χ3n) is 2.85. The Hall–Kier alpha value is -1.23. The molecule has 0 unspecified atom stereocenters. The predicted molar refractivity (Wildman–Crippen MR) is 74.1 cm³/mol. The first-order valence-corrected chi connectivity index (χ1v) is 6.90. The second-order valence-electron chi connectivity index (χ2n) is 4.33. The molecule has 0 saturated carbocycles. The molecule has 3 atom stereocenters. The molecule has 7 nitrogen and oxygen atoms in total. The van der Waals surface area contributed by atoms with E-state index in [2.05, 4.69) is 4.98 Å². The van der Waals surface area contributed by atoms with Crippen LogP contribution >= 0.6 is 22.6 Å². The number of nitrogens with one attached hydrogen (secondary N) is 1. The minimum Gasteiger partial charge on any atom is -0.463 e. The zero-order chi connectivity index (χ0) is 14.9. The average Bonchev–Trinajstić information content (AvgIpc) is 2.72. The minimum absolute atomic E-state index is 0.0477. The Balaban J connectivity index is 2.16. The van der Waals surface area contributed by atoms with Crippen LogP contribution in [0.2, 0.25) is 0 Å². The highest BCUT2D eigenvalue weighted by molar-refractivity contribution is 14.1. The quantitative estimate of drug-likeness (QED) is 0.586. The third-order valence-corrected chi connectivity index (χ3v) is 3.62. The fraction of sp³-hybridized carbons (Fsp3) is 0.545. The van der Waals surface area contributed by atoms with Crippen molar-refractivity contribution >= 4 is 28.6 Å². The Morgan fingerprint density at radius 1 is 1.65 bits per heavy atom. The van der Waals surface area contributed by atoms with Crippen LogP contribution in [0, 0.1) is 3.57 Å². The Kier molecular flexibility index (Phi) is 4.58. The number of halogens is 2. The van der Waals surface area contributed by atoms with Crippen molar-refractivity contribution in [2.75, 3.05) is 6.61 Å². The van der Waals surface area contributed by atoms with Crippen LogP contribution in [0.15, 0.2) is 15.8 Å². The van der Waals surface area contributed by atoms with Gasteiger partial charge in [0.2, 0.25) is 0 Å². The van der Waals surface area contributed by atoms with Crippen molar-refractivity contribution in [1.82, 2.24) is 9.55 Å². The van der Waals surface area contributed by atoms with Gasteiger partial charge in [-0.25, -0.2) is 9.18 Å². The van der Waals surface area contributed by atoms with Crippen LogP contribution < -0.4 is 11.2 Å². The summed E-state index contributed by atoms with van der Waals surface area (Å²) in [6.07, 6.45) is -1.83. The van der Waals surface area contributed by atoms with E-state index in [1.807, 2.05) is 0 Å². The zero-order valence-corrected chi connectivity index (χ0v) is 12.6. The molecule has 1 N–H and O–H groups in total. The number of carbonyl (C=O) groups excluding carboxylic acids is 1. The number of ether oxygens (including phenoxy) is 2. The maximum absolute atomic E-state index is 13.8. The molecule has 110 valence electrons. The van der Waals surface area contributed by atoms with Gasteiger partial charge >= 0.3 is 11.7 Å². The minimum atomic E-state index is -1.35. The molecule has 1 aromatic rings. The molecule has 0 spiro atoms. The van der Waals surface area contributed by atoms with Gasteiger partial charge in [-0.15, -0.1) is 0 Å².